The lowest BCUT2D eigenvalue weighted by Gasteiger charge is -2.07. The number of ether oxygens (including phenoxy) is 1. The van der Waals surface area contributed by atoms with Gasteiger partial charge in [-0.25, -0.2) is 4.79 Å². The number of rotatable bonds is 3. The third-order valence-corrected chi connectivity index (χ3v) is 2.48. The largest absolute Gasteiger partial charge is 0.447 e. The molecule has 15 heavy (non-hydrogen) atoms. The van der Waals surface area contributed by atoms with Gasteiger partial charge in [-0.1, -0.05) is 24.3 Å². The van der Waals surface area contributed by atoms with E-state index in [4.69, 9.17) is 10.5 Å². The van der Waals surface area contributed by atoms with Gasteiger partial charge < -0.3 is 15.8 Å². The number of carbonyl (C=O) groups excluding carboxylic acids is 1. The van der Waals surface area contributed by atoms with E-state index in [1.54, 1.807) is 0 Å². The number of carbonyl (C=O) groups is 1. The molecule has 1 heterocycles. The van der Waals surface area contributed by atoms with Crippen molar-refractivity contribution < 1.29 is 9.53 Å². The van der Waals surface area contributed by atoms with Crippen molar-refractivity contribution in [1.82, 2.24) is 5.32 Å². The number of benzene rings is 1. The number of alkyl carbamates (subject to hydrolysis) is 1. The lowest BCUT2D eigenvalue weighted by Crippen LogP contribution is -2.28. The molecule has 1 fully saturated rings. The van der Waals surface area contributed by atoms with Gasteiger partial charge in [-0.3, -0.25) is 0 Å². The molecule has 0 spiro atoms. The SMILES string of the molecule is NCc1ccc(CC2COC(=O)N2)cc1. The van der Waals surface area contributed by atoms with Crippen LogP contribution in [0.2, 0.25) is 0 Å². The summed E-state index contributed by atoms with van der Waals surface area (Å²) in [5, 5.41) is 2.75. The molecule has 4 heteroatoms. The topological polar surface area (TPSA) is 64.3 Å². The molecule has 1 aromatic rings. The summed E-state index contributed by atoms with van der Waals surface area (Å²) >= 11 is 0. The predicted molar refractivity (Wildman–Crippen MR) is 56.3 cm³/mol. The predicted octanol–water partition coefficient (Wildman–Crippen LogP) is 0.796. The zero-order valence-corrected chi connectivity index (χ0v) is 8.40. The second-order valence-corrected chi connectivity index (χ2v) is 3.66. The molecular formula is C11H14N2O2. The molecule has 4 nitrogen and oxygen atoms in total. The number of nitrogens with one attached hydrogen (secondary N) is 1. The average molecular weight is 206 g/mol. The third kappa shape index (κ3) is 2.47. The standard InChI is InChI=1S/C11H14N2O2/c12-6-9-3-1-8(2-4-9)5-10-7-15-11(14)13-10/h1-4,10H,5-7,12H2,(H,13,14). The first kappa shape index (κ1) is 9.98. The summed E-state index contributed by atoms with van der Waals surface area (Å²) in [6, 6.07) is 8.18. The molecule has 1 aliphatic heterocycles. The zero-order chi connectivity index (χ0) is 10.7. The number of hydrogen-bond acceptors (Lipinski definition) is 3. The van der Waals surface area contributed by atoms with Crippen molar-refractivity contribution in [3.05, 3.63) is 35.4 Å². The van der Waals surface area contributed by atoms with Crippen molar-refractivity contribution in [3.63, 3.8) is 0 Å². The quantitative estimate of drug-likeness (QED) is 0.768. The van der Waals surface area contributed by atoms with E-state index in [9.17, 15) is 4.79 Å². The van der Waals surface area contributed by atoms with Crippen molar-refractivity contribution in [1.29, 1.82) is 0 Å². The summed E-state index contributed by atoms with van der Waals surface area (Å²) in [6.07, 6.45) is 0.481. The summed E-state index contributed by atoms with van der Waals surface area (Å²) in [5.41, 5.74) is 7.80. The van der Waals surface area contributed by atoms with Crippen molar-refractivity contribution in [2.45, 2.75) is 19.0 Å². The lowest BCUT2D eigenvalue weighted by atomic mass is 10.1. The molecule has 1 atom stereocenters. The third-order valence-electron chi connectivity index (χ3n) is 2.48. The van der Waals surface area contributed by atoms with Crippen LogP contribution in [-0.2, 0) is 17.7 Å². The smallest absolute Gasteiger partial charge is 0.407 e. The Morgan fingerprint density at radius 3 is 2.53 bits per heavy atom. The van der Waals surface area contributed by atoms with Crippen LogP contribution in [0.3, 0.4) is 0 Å². The van der Waals surface area contributed by atoms with Gasteiger partial charge in [0.05, 0.1) is 6.04 Å². The summed E-state index contributed by atoms with van der Waals surface area (Å²) in [5.74, 6) is 0. The summed E-state index contributed by atoms with van der Waals surface area (Å²) in [7, 11) is 0. The average Bonchev–Trinajstić information content (AvgIpc) is 2.65. The highest BCUT2D eigenvalue weighted by Crippen LogP contribution is 2.09. The first-order valence-corrected chi connectivity index (χ1v) is 4.99. The van der Waals surface area contributed by atoms with E-state index in [1.807, 2.05) is 24.3 Å². The Kier molecular flexibility index (Phi) is 2.87. The second-order valence-electron chi connectivity index (χ2n) is 3.66. The van der Waals surface area contributed by atoms with Gasteiger partial charge in [0.2, 0.25) is 0 Å². The highest BCUT2D eigenvalue weighted by Gasteiger charge is 2.21. The van der Waals surface area contributed by atoms with Crippen LogP contribution in [0, 0.1) is 0 Å². The molecule has 1 aromatic carbocycles. The van der Waals surface area contributed by atoms with E-state index in [2.05, 4.69) is 5.32 Å². The van der Waals surface area contributed by atoms with Crippen molar-refractivity contribution in [2.24, 2.45) is 5.73 Å². The number of cyclic esters (lactones) is 1. The summed E-state index contributed by atoms with van der Waals surface area (Å²) in [6.45, 7) is 1.01. The van der Waals surface area contributed by atoms with Gasteiger partial charge in [0.25, 0.3) is 0 Å². The molecule has 0 radical (unpaired) electrons. The summed E-state index contributed by atoms with van der Waals surface area (Å²) in [4.78, 5) is 10.8. The van der Waals surface area contributed by atoms with Gasteiger partial charge >= 0.3 is 6.09 Å². The Morgan fingerprint density at radius 1 is 1.33 bits per heavy atom. The highest BCUT2D eigenvalue weighted by molar-refractivity contribution is 5.69. The van der Waals surface area contributed by atoms with Crippen LogP contribution in [0.15, 0.2) is 24.3 Å². The van der Waals surface area contributed by atoms with Crippen LogP contribution in [0.1, 0.15) is 11.1 Å². The van der Waals surface area contributed by atoms with Crippen LogP contribution >= 0.6 is 0 Å². The Balaban J connectivity index is 1.96. The monoisotopic (exact) mass is 206 g/mol. The summed E-state index contributed by atoms with van der Waals surface area (Å²) < 4.78 is 4.81. The minimum atomic E-state index is -0.321. The molecule has 2 rings (SSSR count). The van der Waals surface area contributed by atoms with Gasteiger partial charge in [-0.2, -0.15) is 0 Å². The van der Waals surface area contributed by atoms with E-state index < -0.39 is 0 Å². The molecule has 80 valence electrons. The van der Waals surface area contributed by atoms with Crippen LogP contribution in [0.4, 0.5) is 4.79 Å². The Labute approximate surface area is 88.4 Å². The van der Waals surface area contributed by atoms with E-state index in [-0.39, 0.29) is 12.1 Å². The van der Waals surface area contributed by atoms with Crippen molar-refractivity contribution in [3.8, 4) is 0 Å². The fourth-order valence-electron chi connectivity index (χ4n) is 1.63. The Hall–Kier alpha value is -1.55. The fourth-order valence-corrected chi connectivity index (χ4v) is 1.63. The zero-order valence-electron chi connectivity index (χ0n) is 8.40. The maximum Gasteiger partial charge on any atom is 0.407 e. The van der Waals surface area contributed by atoms with E-state index >= 15 is 0 Å². The van der Waals surface area contributed by atoms with Crippen molar-refractivity contribution in [2.75, 3.05) is 6.61 Å². The Morgan fingerprint density at radius 2 is 2.00 bits per heavy atom. The molecule has 0 aliphatic carbocycles. The maximum atomic E-state index is 10.8. The second kappa shape index (κ2) is 4.31. The molecular weight excluding hydrogens is 192 g/mol. The van der Waals surface area contributed by atoms with Crippen molar-refractivity contribution >= 4 is 6.09 Å². The molecule has 1 unspecified atom stereocenters. The highest BCUT2D eigenvalue weighted by atomic mass is 16.6. The van der Waals surface area contributed by atoms with E-state index in [1.165, 1.54) is 5.56 Å². The molecule has 0 saturated carbocycles. The minimum absolute atomic E-state index is 0.0984. The van der Waals surface area contributed by atoms with E-state index in [0.29, 0.717) is 13.2 Å². The molecule has 1 amide bonds. The van der Waals surface area contributed by atoms with Gasteiger partial charge in [0.1, 0.15) is 6.61 Å². The van der Waals surface area contributed by atoms with Gasteiger partial charge in [-0.15, -0.1) is 0 Å². The normalized spacial score (nSPS) is 19.8. The Bertz CT molecular complexity index is 348. The number of hydrogen-bond donors (Lipinski definition) is 2. The molecule has 0 bridgehead atoms. The number of nitrogens with two attached hydrogens (primary N) is 1. The van der Waals surface area contributed by atoms with Crippen LogP contribution < -0.4 is 11.1 Å². The van der Waals surface area contributed by atoms with E-state index in [0.717, 1.165) is 12.0 Å². The number of amides is 1. The van der Waals surface area contributed by atoms with Gasteiger partial charge in [0.15, 0.2) is 0 Å². The fraction of sp³-hybridized carbons (Fsp3) is 0.364. The first-order chi connectivity index (χ1) is 7.28. The van der Waals surface area contributed by atoms with Gasteiger partial charge in [-0.05, 0) is 17.5 Å². The molecule has 0 aromatic heterocycles. The van der Waals surface area contributed by atoms with Crippen LogP contribution in [0.5, 0.6) is 0 Å². The van der Waals surface area contributed by atoms with Crippen LogP contribution in [-0.4, -0.2) is 18.7 Å². The maximum absolute atomic E-state index is 10.8. The molecule has 1 saturated heterocycles. The lowest BCUT2D eigenvalue weighted by molar-refractivity contribution is 0.177. The first-order valence-electron chi connectivity index (χ1n) is 4.99. The van der Waals surface area contributed by atoms with Gasteiger partial charge in [0, 0.05) is 6.54 Å². The molecule has 1 aliphatic rings. The minimum Gasteiger partial charge on any atom is -0.447 e. The van der Waals surface area contributed by atoms with Crippen LogP contribution in [0.25, 0.3) is 0 Å². The molecule has 3 N–H and O–H groups in total.